The van der Waals surface area contributed by atoms with Crippen molar-refractivity contribution in [1.29, 1.82) is 0 Å². The molecule has 0 bridgehead atoms. The Bertz CT molecular complexity index is 480. The summed E-state index contributed by atoms with van der Waals surface area (Å²) in [4.78, 5) is 23.5. The van der Waals surface area contributed by atoms with Crippen LogP contribution in [0.3, 0.4) is 0 Å². The van der Waals surface area contributed by atoms with Crippen LogP contribution in [0.5, 0.6) is 0 Å². The number of ether oxygens (including phenoxy) is 1. The molecule has 1 heterocycles. The van der Waals surface area contributed by atoms with Gasteiger partial charge < -0.3 is 4.74 Å². The van der Waals surface area contributed by atoms with Gasteiger partial charge in [0.15, 0.2) is 0 Å². The highest BCUT2D eigenvalue weighted by atomic mass is 35.5. The molecule has 1 aliphatic heterocycles. The largest absolute Gasteiger partial charge is 0.438 e. The number of halogens is 1. The number of alkyl halides is 1. The van der Waals surface area contributed by atoms with Crippen molar-refractivity contribution < 1.29 is 14.3 Å². The number of carbonyl (C=O) groups excluding carboxylic acids is 2. The normalized spacial score (nSPS) is 24.2. The highest BCUT2D eigenvalue weighted by molar-refractivity contribution is 6.28. The zero-order chi connectivity index (χ0) is 14.0. The Kier molecular flexibility index (Phi) is 4.07. The number of hydrogen-bond acceptors (Lipinski definition) is 4. The molecule has 1 aliphatic rings. The maximum Gasteiger partial charge on any atom is 0.432 e. The van der Waals surface area contributed by atoms with E-state index in [9.17, 15) is 9.59 Å². The Balaban J connectivity index is 2.25. The van der Waals surface area contributed by atoms with Gasteiger partial charge in [-0.3, -0.25) is 4.79 Å². The van der Waals surface area contributed by atoms with Crippen LogP contribution < -0.4 is 0 Å². The minimum absolute atomic E-state index is 0.160. The summed E-state index contributed by atoms with van der Waals surface area (Å²) in [5.41, 5.74) is 0.896. The summed E-state index contributed by atoms with van der Waals surface area (Å²) in [7, 11) is 1.67. The summed E-state index contributed by atoms with van der Waals surface area (Å²) in [6, 6.07) is 9.28. The molecule has 6 heteroatoms. The highest BCUT2D eigenvalue weighted by Crippen LogP contribution is 2.30. The van der Waals surface area contributed by atoms with Gasteiger partial charge in [0.1, 0.15) is 12.0 Å². The van der Waals surface area contributed by atoms with Gasteiger partial charge in [-0.05, 0) is 12.5 Å². The average molecular weight is 283 g/mol. The van der Waals surface area contributed by atoms with Crippen LogP contribution in [0.25, 0.3) is 0 Å². The van der Waals surface area contributed by atoms with Crippen molar-refractivity contribution in [2.45, 2.75) is 19.1 Å². The second kappa shape index (κ2) is 5.59. The number of carbonyl (C=O) groups is 2. The molecular formula is C13H15ClN2O3. The van der Waals surface area contributed by atoms with Gasteiger partial charge in [-0.15, -0.1) is 11.6 Å². The number of likely N-dealkylation sites (N-methyl/N-ethyl adjacent to an activating group) is 1. The molecule has 0 N–H and O–H groups in total. The van der Waals surface area contributed by atoms with E-state index in [1.807, 2.05) is 37.3 Å². The predicted octanol–water partition coefficient (Wildman–Crippen LogP) is 2.18. The van der Waals surface area contributed by atoms with E-state index in [1.165, 1.54) is 0 Å². The van der Waals surface area contributed by atoms with Gasteiger partial charge in [0.05, 0.1) is 6.04 Å². The smallest absolute Gasteiger partial charge is 0.432 e. The van der Waals surface area contributed by atoms with E-state index in [1.54, 1.807) is 12.1 Å². The molecule has 0 saturated carbocycles. The molecule has 5 nitrogen and oxygen atoms in total. The topological polar surface area (TPSA) is 49.9 Å². The third-order valence-corrected chi connectivity index (χ3v) is 3.45. The fourth-order valence-electron chi connectivity index (χ4n) is 2.09. The van der Waals surface area contributed by atoms with Crippen molar-refractivity contribution in [3.63, 3.8) is 0 Å². The first-order valence-corrected chi connectivity index (χ1v) is 6.47. The Morgan fingerprint density at radius 3 is 2.58 bits per heavy atom. The molecule has 2 amide bonds. The van der Waals surface area contributed by atoms with Crippen LogP contribution in [0.2, 0.25) is 0 Å². The van der Waals surface area contributed by atoms with Crippen molar-refractivity contribution in [3.8, 4) is 0 Å². The van der Waals surface area contributed by atoms with E-state index >= 15 is 0 Å². The molecule has 0 aromatic heterocycles. The standard InChI is InChI=1S/C13H15ClN2O3/c1-9-12(10-6-4-3-5-7-10)19-13(18)16(15(9)2)11(17)8-14/h3-7,9,12H,8H2,1-2H3/t9-,12-/m0/s1. The second-order valence-electron chi connectivity index (χ2n) is 4.37. The van der Waals surface area contributed by atoms with Crippen LogP contribution in [0.1, 0.15) is 18.6 Å². The van der Waals surface area contributed by atoms with Gasteiger partial charge in [0.2, 0.25) is 0 Å². The van der Waals surface area contributed by atoms with E-state index in [4.69, 9.17) is 16.3 Å². The van der Waals surface area contributed by atoms with Crippen LogP contribution in [-0.2, 0) is 9.53 Å². The van der Waals surface area contributed by atoms with Gasteiger partial charge in [-0.1, -0.05) is 30.3 Å². The highest BCUT2D eigenvalue weighted by Gasteiger charge is 2.41. The molecule has 1 aromatic rings. The van der Waals surface area contributed by atoms with E-state index in [-0.39, 0.29) is 11.9 Å². The van der Waals surface area contributed by atoms with E-state index in [0.29, 0.717) is 0 Å². The third kappa shape index (κ3) is 2.57. The molecule has 19 heavy (non-hydrogen) atoms. The molecule has 1 aromatic carbocycles. The summed E-state index contributed by atoms with van der Waals surface area (Å²) >= 11 is 5.49. The van der Waals surface area contributed by atoms with E-state index in [0.717, 1.165) is 10.6 Å². The average Bonchev–Trinajstić information content (AvgIpc) is 2.43. The first kappa shape index (κ1) is 13.8. The molecule has 1 saturated heterocycles. The molecule has 1 fully saturated rings. The van der Waals surface area contributed by atoms with Crippen molar-refractivity contribution in [2.75, 3.05) is 12.9 Å². The van der Waals surface area contributed by atoms with Gasteiger partial charge in [-0.2, -0.15) is 5.01 Å². The van der Waals surface area contributed by atoms with Crippen molar-refractivity contribution in [2.24, 2.45) is 0 Å². The van der Waals surface area contributed by atoms with Crippen molar-refractivity contribution in [3.05, 3.63) is 35.9 Å². The second-order valence-corrected chi connectivity index (χ2v) is 4.64. The molecule has 0 aliphatic carbocycles. The summed E-state index contributed by atoms with van der Waals surface area (Å²) in [5.74, 6) is -0.755. The lowest BCUT2D eigenvalue weighted by molar-refractivity contribution is -0.160. The minimum atomic E-state index is -0.694. The fourth-order valence-corrected chi connectivity index (χ4v) is 2.20. The quantitative estimate of drug-likeness (QED) is 0.780. The number of hydrazine groups is 1. The predicted molar refractivity (Wildman–Crippen MR) is 70.5 cm³/mol. The molecular weight excluding hydrogens is 268 g/mol. The number of rotatable bonds is 2. The first-order chi connectivity index (χ1) is 9.06. The molecule has 2 rings (SSSR count). The van der Waals surface area contributed by atoms with E-state index < -0.39 is 18.1 Å². The molecule has 0 spiro atoms. The lowest BCUT2D eigenvalue weighted by Crippen LogP contribution is -2.58. The van der Waals surface area contributed by atoms with Gasteiger partial charge >= 0.3 is 6.09 Å². The molecule has 0 unspecified atom stereocenters. The summed E-state index contributed by atoms with van der Waals surface area (Å²) < 4.78 is 5.36. The van der Waals surface area contributed by atoms with Crippen LogP contribution in [-0.4, -0.2) is 41.0 Å². The fraction of sp³-hybridized carbons (Fsp3) is 0.385. The Morgan fingerprint density at radius 1 is 1.37 bits per heavy atom. The van der Waals surface area contributed by atoms with Crippen molar-refractivity contribution >= 4 is 23.6 Å². The maximum absolute atomic E-state index is 11.9. The summed E-state index contributed by atoms with van der Waals surface area (Å²) in [6.07, 6.45) is -1.10. The minimum Gasteiger partial charge on any atom is -0.438 e. The summed E-state index contributed by atoms with van der Waals surface area (Å²) in [6.45, 7) is 1.89. The Morgan fingerprint density at radius 2 is 2.00 bits per heavy atom. The first-order valence-electron chi connectivity index (χ1n) is 5.93. The lowest BCUT2D eigenvalue weighted by Gasteiger charge is -2.42. The van der Waals surface area contributed by atoms with Gasteiger partial charge in [-0.25, -0.2) is 9.80 Å². The van der Waals surface area contributed by atoms with Crippen LogP contribution in [0, 0.1) is 0 Å². The van der Waals surface area contributed by atoms with Crippen LogP contribution in [0.15, 0.2) is 30.3 Å². The number of imide groups is 1. The van der Waals surface area contributed by atoms with Crippen LogP contribution in [0.4, 0.5) is 4.79 Å². The number of amides is 2. The Hall–Kier alpha value is -1.59. The number of nitrogens with zero attached hydrogens (tertiary/aromatic N) is 2. The van der Waals surface area contributed by atoms with Gasteiger partial charge in [0.25, 0.3) is 5.91 Å². The number of hydrogen-bond donors (Lipinski definition) is 0. The zero-order valence-electron chi connectivity index (χ0n) is 10.7. The Labute approximate surface area is 116 Å². The number of benzene rings is 1. The molecule has 0 radical (unpaired) electrons. The molecule has 102 valence electrons. The zero-order valence-corrected chi connectivity index (χ0v) is 11.5. The third-order valence-electron chi connectivity index (χ3n) is 3.22. The SMILES string of the molecule is C[C@H]1[C@@H](c2ccccc2)OC(=O)N(C(=O)CCl)N1C. The lowest BCUT2D eigenvalue weighted by atomic mass is 10.0. The summed E-state index contributed by atoms with van der Waals surface area (Å²) in [5, 5.41) is 2.51. The maximum atomic E-state index is 11.9. The van der Waals surface area contributed by atoms with Crippen LogP contribution >= 0.6 is 11.6 Å². The molecule has 2 atom stereocenters. The monoisotopic (exact) mass is 282 g/mol. The van der Waals surface area contributed by atoms with Gasteiger partial charge in [0, 0.05) is 7.05 Å². The van der Waals surface area contributed by atoms with E-state index in [2.05, 4.69) is 0 Å². The van der Waals surface area contributed by atoms with Crippen molar-refractivity contribution in [1.82, 2.24) is 10.0 Å². The number of cyclic esters (lactones) is 1.